The van der Waals surface area contributed by atoms with Gasteiger partial charge >= 0.3 is 7.82 Å². The highest BCUT2D eigenvalue weighted by Crippen LogP contribution is 2.43. The van der Waals surface area contributed by atoms with Crippen LogP contribution in [0.3, 0.4) is 0 Å². The van der Waals surface area contributed by atoms with Gasteiger partial charge in [-0.25, -0.2) is 4.57 Å². The first-order valence-electron chi connectivity index (χ1n) is 22.3. The molecule has 2 atom stereocenters. The Balaban J connectivity index is 0.0000270. The normalized spacial score (nSPS) is 16.9. The molecular weight excluding hydrogens is 753 g/mol. The number of halogens is 1. The highest BCUT2D eigenvalue weighted by molar-refractivity contribution is 7.47. The first kappa shape index (κ1) is 53.4. The molecule has 1 aliphatic rings. The molecule has 10 heteroatoms. The summed E-state index contributed by atoms with van der Waals surface area (Å²) in [5.41, 5.74) is 0. The first-order valence-corrected chi connectivity index (χ1v) is 23.8. The smallest absolute Gasteiger partial charge is 0.472 e. The third-order valence-electron chi connectivity index (χ3n) is 10.3. The lowest BCUT2D eigenvalue weighted by Crippen LogP contribution is -3.00. The van der Waals surface area contributed by atoms with Crippen molar-refractivity contribution in [2.75, 3.05) is 60.7 Å². The summed E-state index contributed by atoms with van der Waals surface area (Å²) in [5, 5.41) is 0. The van der Waals surface area contributed by atoms with Crippen LogP contribution in [-0.4, -0.2) is 82.0 Å². The zero-order valence-electron chi connectivity index (χ0n) is 35.7. The number of phosphoric acid groups is 1. The summed E-state index contributed by atoms with van der Waals surface area (Å²) in [6.45, 7) is 7.28. The van der Waals surface area contributed by atoms with Gasteiger partial charge in [-0.1, -0.05) is 180 Å². The summed E-state index contributed by atoms with van der Waals surface area (Å²) in [6.07, 6.45) is 40.8. The van der Waals surface area contributed by atoms with Crippen molar-refractivity contribution in [1.82, 2.24) is 0 Å². The molecule has 0 aliphatic carbocycles. The molecule has 0 aromatic rings. The SMILES string of the molecule is CC1(C)OC[C@H](COCCCCCCCCCCCCCCCCCCCCCCCCCCCCCCCCOP(=O)(O)OCC[N+](C)(C)C)O1.[Br-]. The minimum atomic E-state index is -3.90. The molecule has 1 rings (SSSR count). The maximum atomic E-state index is 11.9. The molecule has 1 N–H and O–H groups in total. The Bertz CT molecular complexity index is 829. The average Bonchev–Trinajstić information content (AvgIpc) is 3.43. The molecule has 1 unspecified atom stereocenters. The van der Waals surface area contributed by atoms with Gasteiger partial charge in [-0.15, -0.1) is 0 Å². The molecule has 1 heterocycles. The minimum absolute atomic E-state index is 0. The number of unbranched alkanes of at least 4 members (excludes halogenated alkanes) is 29. The van der Waals surface area contributed by atoms with Gasteiger partial charge < -0.3 is 40.6 Å². The van der Waals surface area contributed by atoms with E-state index in [2.05, 4.69) is 0 Å². The summed E-state index contributed by atoms with van der Waals surface area (Å²) in [5.74, 6) is -0.442. The summed E-state index contributed by atoms with van der Waals surface area (Å²) in [4.78, 5) is 9.75. The van der Waals surface area contributed by atoms with E-state index in [1.54, 1.807) is 0 Å². The minimum Gasteiger partial charge on any atom is -1.00 e. The molecule has 1 fully saturated rings. The summed E-state index contributed by atoms with van der Waals surface area (Å²) in [7, 11) is 2.17. The maximum Gasteiger partial charge on any atom is 0.472 e. The van der Waals surface area contributed by atoms with E-state index in [9.17, 15) is 9.46 Å². The average molecular weight is 843 g/mol. The van der Waals surface area contributed by atoms with Crippen molar-refractivity contribution >= 4 is 7.82 Å². The molecule has 0 spiro atoms. The number of phosphoric ester groups is 1. The molecule has 0 aromatic carbocycles. The van der Waals surface area contributed by atoms with Gasteiger partial charge in [0, 0.05) is 6.61 Å². The number of nitrogens with zero attached hydrogens (tertiary/aromatic N) is 1. The van der Waals surface area contributed by atoms with Gasteiger partial charge in [0.15, 0.2) is 5.79 Å². The lowest BCUT2D eigenvalue weighted by atomic mass is 10.0. The van der Waals surface area contributed by atoms with E-state index in [1.807, 2.05) is 35.0 Å². The van der Waals surface area contributed by atoms with Crippen LogP contribution < -0.4 is 17.0 Å². The maximum absolute atomic E-state index is 11.9. The topological polar surface area (TPSA) is 83.5 Å². The molecule has 8 nitrogen and oxygen atoms in total. The number of likely N-dealkylation sites (N-methyl/N-ethyl adjacent to an activating group) is 1. The van der Waals surface area contributed by atoms with Crippen LogP contribution in [0, 0.1) is 0 Å². The van der Waals surface area contributed by atoms with Gasteiger partial charge in [0.25, 0.3) is 0 Å². The third-order valence-corrected chi connectivity index (χ3v) is 11.3. The molecule has 0 saturated carbocycles. The van der Waals surface area contributed by atoms with Crippen LogP contribution in [0.15, 0.2) is 0 Å². The molecule has 1 aliphatic heterocycles. The van der Waals surface area contributed by atoms with Crippen LogP contribution in [-0.2, 0) is 27.8 Å². The van der Waals surface area contributed by atoms with Crippen LogP contribution >= 0.6 is 7.82 Å². The second-order valence-electron chi connectivity index (χ2n) is 17.3. The lowest BCUT2D eigenvalue weighted by molar-refractivity contribution is -0.870. The largest absolute Gasteiger partial charge is 1.00 e. The van der Waals surface area contributed by atoms with Crippen molar-refractivity contribution in [2.45, 2.75) is 218 Å². The second-order valence-corrected chi connectivity index (χ2v) is 18.7. The fourth-order valence-electron chi connectivity index (χ4n) is 6.96. The van der Waals surface area contributed by atoms with Crippen LogP contribution in [0.2, 0.25) is 0 Å². The molecule has 320 valence electrons. The van der Waals surface area contributed by atoms with Gasteiger partial charge in [-0.3, -0.25) is 9.05 Å². The molecule has 0 radical (unpaired) electrons. The Hall–Kier alpha value is 0.430. The first-order chi connectivity index (χ1) is 25.0. The number of rotatable bonds is 40. The van der Waals surface area contributed by atoms with E-state index >= 15 is 0 Å². The lowest BCUT2D eigenvalue weighted by Gasteiger charge is -2.24. The van der Waals surface area contributed by atoms with Crippen molar-refractivity contribution in [3.63, 3.8) is 0 Å². The van der Waals surface area contributed by atoms with Crippen molar-refractivity contribution in [3.05, 3.63) is 0 Å². The van der Waals surface area contributed by atoms with Gasteiger partial charge in [0.05, 0.1) is 41.0 Å². The zero-order chi connectivity index (χ0) is 38.1. The number of ether oxygens (including phenoxy) is 3. The summed E-state index contributed by atoms with van der Waals surface area (Å²) >= 11 is 0. The number of hydrogen-bond donors (Lipinski definition) is 1. The van der Waals surface area contributed by atoms with Crippen LogP contribution in [0.1, 0.15) is 206 Å². The number of hydrogen-bond acceptors (Lipinski definition) is 6. The van der Waals surface area contributed by atoms with Crippen molar-refractivity contribution in [3.8, 4) is 0 Å². The molecular formula is C43H89BrNO7P. The second kappa shape index (κ2) is 35.6. The van der Waals surface area contributed by atoms with Crippen molar-refractivity contribution < 1.29 is 54.2 Å². The van der Waals surface area contributed by atoms with E-state index in [4.69, 9.17) is 23.3 Å². The van der Waals surface area contributed by atoms with E-state index in [0.29, 0.717) is 30.8 Å². The fraction of sp³-hybridized carbons (Fsp3) is 1.00. The van der Waals surface area contributed by atoms with E-state index in [-0.39, 0.29) is 29.7 Å². The van der Waals surface area contributed by atoms with Crippen LogP contribution in [0.25, 0.3) is 0 Å². The number of quaternary nitrogens is 1. The van der Waals surface area contributed by atoms with Crippen LogP contribution in [0.5, 0.6) is 0 Å². The third kappa shape index (κ3) is 39.1. The van der Waals surface area contributed by atoms with Gasteiger partial charge in [0.1, 0.15) is 19.3 Å². The Morgan fingerprint density at radius 2 is 0.849 bits per heavy atom. The molecule has 0 amide bonds. The summed E-state index contributed by atoms with van der Waals surface area (Å²) < 4.78 is 39.9. The Morgan fingerprint density at radius 3 is 1.15 bits per heavy atom. The van der Waals surface area contributed by atoms with Gasteiger partial charge in [-0.05, 0) is 26.7 Å². The fourth-order valence-corrected chi connectivity index (χ4v) is 7.71. The van der Waals surface area contributed by atoms with Crippen LogP contribution in [0.4, 0.5) is 0 Å². The molecule has 0 bridgehead atoms. The van der Waals surface area contributed by atoms with E-state index in [0.717, 1.165) is 25.9 Å². The predicted octanol–water partition coefficient (Wildman–Crippen LogP) is 9.70. The Kier molecular flexibility index (Phi) is 35.9. The quantitative estimate of drug-likeness (QED) is 0.0374. The predicted molar refractivity (Wildman–Crippen MR) is 219 cm³/mol. The highest BCUT2D eigenvalue weighted by atomic mass is 79.9. The monoisotopic (exact) mass is 842 g/mol. The molecule has 53 heavy (non-hydrogen) atoms. The zero-order valence-corrected chi connectivity index (χ0v) is 38.2. The van der Waals surface area contributed by atoms with Crippen molar-refractivity contribution in [1.29, 1.82) is 0 Å². The van der Waals surface area contributed by atoms with E-state index < -0.39 is 13.6 Å². The van der Waals surface area contributed by atoms with Gasteiger partial charge in [-0.2, -0.15) is 0 Å². The Morgan fingerprint density at radius 1 is 0.547 bits per heavy atom. The van der Waals surface area contributed by atoms with Gasteiger partial charge in [0.2, 0.25) is 0 Å². The highest BCUT2D eigenvalue weighted by Gasteiger charge is 2.32. The summed E-state index contributed by atoms with van der Waals surface area (Å²) in [6, 6.07) is 0. The molecule has 0 aromatic heterocycles. The van der Waals surface area contributed by atoms with Crippen molar-refractivity contribution in [2.24, 2.45) is 0 Å². The standard InChI is InChI=1S/C43H88NO7P.BrH/c1-43(2)48-41-42(51-43)40-47-37-34-32-30-28-26-24-22-20-18-16-14-12-10-8-6-7-9-11-13-15-17-19-21-23-25-27-29-31-33-35-38-49-52(45,46)50-39-36-44(3,4)5;/h42H,6-41H2,1-5H3;1H/t42-;/m0./s1. The van der Waals surface area contributed by atoms with E-state index in [1.165, 1.54) is 173 Å². The molecule has 1 saturated heterocycles. The Labute approximate surface area is 339 Å².